The molecule has 0 aliphatic heterocycles. The van der Waals surface area contributed by atoms with Gasteiger partial charge in [-0.3, -0.25) is 0 Å². The van der Waals surface area contributed by atoms with E-state index in [1.165, 1.54) is 0 Å². The third-order valence-corrected chi connectivity index (χ3v) is 0. The summed E-state index contributed by atoms with van der Waals surface area (Å²) in [6, 6.07) is 0. The third-order valence-electron chi connectivity index (χ3n) is 0. The smallest absolute Gasteiger partial charge is 0.870 e. The minimum Gasteiger partial charge on any atom is -0.870 e. The predicted molar refractivity (Wildman–Crippen MR) is 23.3 cm³/mol. The molecule has 0 rings (SSSR count). The molecule has 7 heteroatoms. The van der Waals surface area contributed by atoms with Crippen molar-refractivity contribution in [1.29, 1.82) is 0 Å². The molecule has 0 heterocycles. The van der Waals surface area contributed by atoms with Crippen LogP contribution in [0, 0.1) is 0 Å². The van der Waals surface area contributed by atoms with Gasteiger partial charge in [0, 0.05) is 11.9 Å². The number of carboxylic acid groups (broad SMARTS) is 2. The second-order valence-corrected chi connectivity index (χ2v) is 0.983. The maximum Gasteiger partial charge on any atom is 2.00 e. The average molecular weight is 223 g/mol. The van der Waals surface area contributed by atoms with E-state index >= 15 is 0 Å². The summed E-state index contributed by atoms with van der Waals surface area (Å²) < 4.78 is 0. The van der Waals surface area contributed by atoms with E-state index < -0.39 is 11.9 Å². The summed E-state index contributed by atoms with van der Waals surface area (Å²) >= 11 is 0. The Balaban J connectivity index is -0.0000000171. The van der Waals surface area contributed by atoms with Crippen LogP contribution in [0.2, 0.25) is 0 Å². The second kappa shape index (κ2) is 22.4. The monoisotopic (exact) mass is 222 g/mol. The van der Waals surface area contributed by atoms with Gasteiger partial charge in [0.2, 0.25) is 0 Å². The van der Waals surface area contributed by atoms with E-state index in [1.807, 2.05) is 0 Å². The molecular weight excluding hydrogens is 216 g/mol. The predicted octanol–water partition coefficient (Wildman–Crippen LogP) is -5.66. The normalized spacial score (nSPS) is 4.55. The zero-order chi connectivity index (χ0) is 7.15. The van der Waals surface area contributed by atoms with Gasteiger partial charge in [-0.1, -0.05) is 0 Å². The van der Waals surface area contributed by atoms with E-state index in [0.717, 1.165) is 13.8 Å². The van der Waals surface area contributed by atoms with E-state index in [-0.39, 0.29) is 54.5 Å². The van der Waals surface area contributed by atoms with Gasteiger partial charge in [0.25, 0.3) is 0 Å². The van der Waals surface area contributed by atoms with Crippen molar-refractivity contribution in [1.82, 2.24) is 0 Å². The molecule has 5 nitrogen and oxygen atoms in total. The van der Waals surface area contributed by atoms with Crippen molar-refractivity contribution in [2.24, 2.45) is 0 Å². The number of carbonyl (C=O) groups excluding carboxylic acids is 2. The summed E-state index contributed by atoms with van der Waals surface area (Å²) in [7, 11) is 0. The fraction of sp³-hybridized carbons (Fsp3) is 0.500. The Morgan fingerprint density at radius 3 is 1.00 bits per heavy atom. The molecule has 1 N–H and O–H groups in total. The standard InChI is InChI=1S/2C2H4O2.Na.H2O.Zn/c2*1-2(3)4;;;/h2*1H3,(H,3,4);;1H2;/q;;+1;;+2/p-3. The van der Waals surface area contributed by atoms with Gasteiger partial charge in [0.1, 0.15) is 0 Å². The number of carbonyl (C=O) groups is 2. The minimum atomic E-state index is -1.08. The van der Waals surface area contributed by atoms with Gasteiger partial charge >= 0.3 is 49.0 Å². The van der Waals surface area contributed by atoms with Gasteiger partial charge < -0.3 is 25.3 Å². The van der Waals surface area contributed by atoms with Gasteiger partial charge in [-0.05, 0) is 13.8 Å². The number of hydrogen-bond acceptors (Lipinski definition) is 5. The maximum atomic E-state index is 8.89. The quantitative estimate of drug-likeness (QED) is 0.380. The Morgan fingerprint density at radius 2 is 1.00 bits per heavy atom. The first kappa shape index (κ1) is 30.0. The fourth-order valence-corrected chi connectivity index (χ4v) is 0. The van der Waals surface area contributed by atoms with E-state index in [4.69, 9.17) is 19.8 Å². The Kier molecular flexibility index (Phi) is 61.1. The van der Waals surface area contributed by atoms with Crippen molar-refractivity contribution in [3.05, 3.63) is 0 Å². The topological polar surface area (TPSA) is 110 Å². The van der Waals surface area contributed by atoms with Crippen LogP contribution in [0.3, 0.4) is 0 Å². The maximum absolute atomic E-state index is 8.89. The summed E-state index contributed by atoms with van der Waals surface area (Å²) in [6.45, 7) is 1.94. The van der Waals surface area contributed by atoms with E-state index in [2.05, 4.69) is 0 Å². The van der Waals surface area contributed by atoms with Gasteiger partial charge in [-0.25, -0.2) is 0 Å². The Bertz CT molecular complexity index is 76.5. The fourth-order valence-electron chi connectivity index (χ4n) is 0. The van der Waals surface area contributed by atoms with Crippen molar-refractivity contribution < 1.29 is 74.3 Å². The van der Waals surface area contributed by atoms with E-state index in [9.17, 15) is 0 Å². The summed E-state index contributed by atoms with van der Waals surface area (Å²) in [5.74, 6) is -2.17. The number of carboxylic acids is 2. The molecule has 56 valence electrons. The van der Waals surface area contributed by atoms with Crippen molar-refractivity contribution in [2.75, 3.05) is 0 Å². The van der Waals surface area contributed by atoms with Crippen LogP contribution in [0.25, 0.3) is 0 Å². The van der Waals surface area contributed by atoms with E-state index in [0.29, 0.717) is 0 Å². The molecule has 0 amide bonds. The zero-order valence-electron chi connectivity index (χ0n) is 6.79. The van der Waals surface area contributed by atoms with Crippen LogP contribution in [0.1, 0.15) is 13.8 Å². The average Bonchev–Trinajstić information content (AvgIpc) is 1.25. The van der Waals surface area contributed by atoms with Crippen molar-refractivity contribution in [3.8, 4) is 0 Å². The second-order valence-electron chi connectivity index (χ2n) is 0.983. The molecule has 0 fully saturated rings. The summed E-state index contributed by atoms with van der Waals surface area (Å²) in [5.41, 5.74) is 0. The van der Waals surface area contributed by atoms with Gasteiger partial charge in [0.05, 0.1) is 0 Å². The first-order chi connectivity index (χ1) is 3.46. The zero-order valence-corrected chi connectivity index (χ0v) is 11.8. The van der Waals surface area contributed by atoms with Crippen LogP contribution in [0.15, 0.2) is 0 Å². The first-order valence-electron chi connectivity index (χ1n) is 1.82. The molecule has 0 spiro atoms. The number of hydrogen-bond donors (Lipinski definition) is 0. The van der Waals surface area contributed by atoms with Crippen LogP contribution in [0.5, 0.6) is 0 Å². The Morgan fingerprint density at radius 1 is 1.00 bits per heavy atom. The van der Waals surface area contributed by atoms with Crippen molar-refractivity contribution in [3.63, 3.8) is 0 Å². The van der Waals surface area contributed by atoms with Crippen LogP contribution < -0.4 is 39.8 Å². The molecule has 11 heavy (non-hydrogen) atoms. The van der Waals surface area contributed by atoms with Crippen LogP contribution >= 0.6 is 0 Å². The van der Waals surface area contributed by atoms with Gasteiger partial charge in [-0.15, -0.1) is 0 Å². The molecule has 0 bridgehead atoms. The number of aliphatic carboxylic acids is 2. The first-order valence-corrected chi connectivity index (χ1v) is 1.82. The molecule has 0 aliphatic rings. The third kappa shape index (κ3) is 2790. The van der Waals surface area contributed by atoms with E-state index in [1.54, 1.807) is 0 Å². The van der Waals surface area contributed by atoms with Gasteiger partial charge in [-0.2, -0.15) is 0 Å². The van der Waals surface area contributed by atoms with Crippen LogP contribution in [-0.4, -0.2) is 17.4 Å². The van der Waals surface area contributed by atoms with Crippen molar-refractivity contribution in [2.45, 2.75) is 13.8 Å². The molecule has 0 saturated heterocycles. The molecule has 0 aromatic rings. The summed E-state index contributed by atoms with van der Waals surface area (Å²) in [6.07, 6.45) is 0. The Hall–Kier alpha value is 0.523. The Labute approximate surface area is 99.5 Å². The van der Waals surface area contributed by atoms with Gasteiger partial charge in [0.15, 0.2) is 0 Å². The van der Waals surface area contributed by atoms with Crippen molar-refractivity contribution >= 4 is 11.9 Å². The largest absolute Gasteiger partial charge is 2.00 e. The summed E-state index contributed by atoms with van der Waals surface area (Å²) in [4.78, 5) is 17.8. The molecule has 0 radical (unpaired) electrons. The van der Waals surface area contributed by atoms with Crippen LogP contribution in [-0.2, 0) is 29.1 Å². The number of rotatable bonds is 0. The molecule has 0 aromatic heterocycles. The summed E-state index contributed by atoms with van der Waals surface area (Å²) in [5, 5.41) is 17.8. The molecule has 0 unspecified atom stereocenters. The SMILES string of the molecule is CC(=O)[O-].CC(=O)[O-].[Na+].[OH-].[Zn+2]. The molecule has 0 saturated carbocycles. The molecule has 0 atom stereocenters. The van der Waals surface area contributed by atoms with Crippen LogP contribution in [0.4, 0.5) is 0 Å². The molecule has 0 aliphatic carbocycles. The minimum absolute atomic E-state index is 0. The molecular formula is C4H7NaO5Zn. The molecule has 0 aromatic carbocycles.